The van der Waals surface area contributed by atoms with Gasteiger partial charge in [0.25, 0.3) is 0 Å². The van der Waals surface area contributed by atoms with Gasteiger partial charge in [-0.1, -0.05) is 6.92 Å². The van der Waals surface area contributed by atoms with Crippen molar-refractivity contribution in [2.75, 3.05) is 11.4 Å². The second-order valence-electron chi connectivity index (χ2n) is 5.23. The minimum atomic E-state index is 0.531. The Hall–Kier alpha value is -1.10. The Bertz CT molecular complexity index is 565. The lowest BCUT2D eigenvalue weighted by atomic mass is 9.95. The van der Waals surface area contributed by atoms with Crippen LogP contribution in [0.25, 0.3) is 5.65 Å². The van der Waals surface area contributed by atoms with Crippen molar-refractivity contribution in [2.45, 2.75) is 32.7 Å². The van der Waals surface area contributed by atoms with E-state index in [4.69, 9.17) is 0 Å². The lowest BCUT2D eigenvalue weighted by molar-refractivity contribution is 0.388. The number of rotatable bonds is 1. The molecule has 0 aromatic carbocycles. The molecule has 96 valence electrons. The van der Waals surface area contributed by atoms with E-state index in [9.17, 15) is 0 Å². The van der Waals surface area contributed by atoms with E-state index < -0.39 is 0 Å². The fourth-order valence-corrected chi connectivity index (χ4v) is 3.05. The number of hydrogen-bond donors (Lipinski definition) is 0. The van der Waals surface area contributed by atoms with Crippen LogP contribution in [0.2, 0.25) is 0 Å². The highest BCUT2D eigenvalue weighted by Crippen LogP contribution is 2.29. The zero-order chi connectivity index (χ0) is 12.7. The van der Waals surface area contributed by atoms with Gasteiger partial charge in [-0.05, 0) is 41.6 Å². The summed E-state index contributed by atoms with van der Waals surface area (Å²) in [5, 5.41) is 0. The Morgan fingerprint density at radius 3 is 3.00 bits per heavy atom. The molecule has 0 spiro atoms. The minimum Gasteiger partial charge on any atom is -0.351 e. The van der Waals surface area contributed by atoms with Crippen LogP contribution in [0, 0.1) is 5.92 Å². The second kappa shape index (κ2) is 4.53. The number of fused-ring (bicyclic) bond motifs is 1. The average molecular weight is 309 g/mol. The summed E-state index contributed by atoms with van der Waals surface area (Å²) in [6.45, 7) is 5.64. The number of anilines is 1. The lowest BCUT2D eigenvalue weighted by Crippen LogP contribution is -2.41. The maximum absolute atomic E-state index is 4.64. The van der Waals surface area contributed by atoms with Crippen LogP contribution < -0.4 is 4.90 Å². The number of halogens is 1. The standard InChI is InChI=1S/C13H17BrN4/c1-9-3-4-10(2)18(7-9)13-12-15-5-6-17(12)8-11(14)16-13/h5-6,8-10H,3-4,7H2,1-2H3. The first-order chi connectivity index (χ1) is 8.65. The van der Waals surface area contributed by atoms with Crippen LogP contribution in [0.1, 0.15) is 26.7 Å². The molecule has 3 rings (SSSR count). The lowest BCUT2D eigenvalue weighted by Gasteiger charge is -2.37. The van der Waals surface area contributed by atoms with Crippen molar-refractivity contribution in [3.05, 3.63) is 23.2 Å². The van der Waals surface area contributed by atoms with Gasteiger partial charge in [0.15, 0.2) is 11.5 Å². The van der Waals surface area contributed by atoms with Crippen molar-refractivity contribution in [1.29, 1.82) is 0 Å². The SMILES string of the molecule is CC1CCC(C)N(c2nc(Br)cn3ccnc23)C1. The largest absolute Gasteiger partial charge is 0.351 e. The first-order valence-corrected chi connectivity index (χ1v) is 7.20. The molecule has 1 aliphatic rings. The zero-order valence-corrected chi connectivity index (χ0v) is 12.3. The molecule has 0 radical (unpaired) electrons. The third kappa shape index (κ3) is 2.00. The molecule has 1 saturated heterocycles. The van der Waals surface area contributed by atoms with Crippen LogP contribution in [0.5, 0.6) is 0 Å². The summed E-state index contributed by atoms with van der Waals surface area (Å²) in [5.74, 6) is 1.71. The van der Waals surface area contributed by atoms with E-state index in [2.05, 4.69) is 44.6 Å². The number of piperidine rings is 1. The summed E-state index contributed by atoms with van der Waals surface area (Å²) in [7, 11) is 0. The summed E-state index contributed by atoms with van der Waals surface area (Å²) in [6, 6.07) is 0.531. The molecule has 2 atom stereocenters. The van der Waals surface area contributed by atoms with Crippen molar-refractivity contribution in [2.24, 2.45) is 5.92 Å². The fourth-order valence-electron chi connectivity index (χ4n) is 2.66. The van der Waals surface area contributed by atoms with Crippen molar-refractivity contribution >= 4 is 27.4 Å². The quantitative estimate of drug-likeness (QED) is 0.811. The smallest absolute Gasteiger partial charge is 0.180 e. The molecule has 5 heteroatoms. The predicted molar refractivity (Wildman–Crippen MR) is 75.9 cm³/mol. The molecule has 0 amide bonds. The second-order valence-corrected chi connectivity index (χ2v) is 6.04. The normalized spacial score (nSPS) is 24.7. The molecule has 0 saturated carbocycles. The van der Waals surface area contributed by atoms with Crippen molar-refractivity contribution in [1.82, 2.24) is 14.4 Å². The number of nitrogens with zero attached hydrogens (tertiary/aromatic N) is 4. The third-order valence-corrected chi connectivity index (χ3v) is 4.10. The highest BCUT2D eigenvalue weighted by Gasteiger charge is 2.26. The molecule has 0 aliphatic carbocycles. The van der Waals surface area contributed by atoms with Crippen LogP contribution in [-0.2, 0) is 0 Å². The highest BCUT2D eigenvalue weighted by molar-refractivity contribution is 9.10. The van der Waals surface area contributed by atoms with Gasteiger partial charge in [0.2, 0.25) is 0 Å². The van der Waals surface area contributed by atoms with E-state index in [1.165, 1.54) is 12.8 Å². The average Bonchev–Trinajstić information content (AvgIpc) is 2.79. The summed E-state index contributed by atoms with van der Waals surface area (Å²) in [5.41, 5.74) is 0.944. The van der Waals surface area contributed by atoms with E-state index in [1.54, 1.807) is 0 Å². The molecule has 0 bridgehead atoms. The molecule has 3 heterocycles. The van der Waals surface area contributed by atoms with Crippen molar-refractivity contribution < 1.29 is 0 Å². The minimum absolute atomic E-state index is 0.531. The topological polar surface area (TPSA) is 33.4 Å². The summed E-state index contributed by atoms with van der Waals surface area (Å²) < 4.78 is 2.88. The summed E-state index contributed by atoms with van der Waals surface area (Å²) in [4.78, 5) is 11.5. The molecule has 1 aliphatic heterocycles. The highest BCUT2D eigenvalue weighted by atomic mass is 79.9. The molecule has 4 nitrogen and oxygen atoms in total. The Morgan fingerprint density at radius 2 is 2.17 bits per heavy atom. The molecular formula is C13H17BrN4. The molecule has 2 unspecified atom stereocenters. The van der Waals surface area contributed by atoms with Crippen LogP contribution in [-0.4, -0.2) is 27.0 Å². The van der Waals surface area contributed by atoms with E-state index in [0.717, 1.165) is 28.5 Å². The molecule has 2 aromatic heterocycles. The van der Waals surface area contributed by atoms with Crippen LogP contribution in [0.15, 0.2) is 23.2 Å². The fraction of sp³-hybridized carbons (Fsp3) is 0.538. The van der Waals surface area contributed by atoms with Crippen molar-refractivity contribution in [3.63, 3.8) is 0 Å². The predicted octanol–water partition coefficient (Wildman–Crippen LogP) is 3.12. The van der Waals surface area contributed by atoms with Gasteiger partial charge in [-0.25, -0.2) is 9.97 Å². The molecule has 2 aromatic rings. The summed E-state index contributed by atoms with van der Waals surface area (Å²) >= 11 is 3.48. The van der Waals surface area contributed by atoms with Gasteiger partial charge in [-0.15, -0.1) is 0 Å². The van der Waals surface area contributed by atoms with Gasteiger partial charge in [0, 0.05) is 31.2 Å². The molecule has 18 heavy (non-hydrogen) atoms. The van der Waals surface area contributed by atoms with Gasteiger partial charge in [-0.2, -0.15) is 0 Å². The zero-order valence-electron chi connectivity index (χ0n) is 10.7. The van der Waals surface area contributed by atoms with E-state index in [0.29, 0.717) is 6.04 Å². The summed E-state index contributed by atoms with van der Waals surface area (Å²) in [6.07, 6.45) is 8.26. The van der Waals surface area contributed by atoms with Gasteiger partial charge >= 0.3 is 0 Å². The van der Waals surface area contributed by atoms with E-state index in [1.807, 2.05) is 23.0 Å². The maximum Gasteiger partial charge on any atom is 0.180 e. The maximum atomic E-state index is 4.64. The Morgan fingerprint density at radius 1 is 1.33 bits per heavy atom. The first-order valence-electron chi connectivity index (χ1n) is 6.41. The van der Waals surface area contributed by atoms with Gasteiger partial charge < -0.3 is 9.30 Å². The number of aromatic nitrogens is 3. The Labute approximate surface area is 115 Å². The molecular weight excluding hydrogens is 292 g/mol. The first kappa shape index (κ1) is 12.0. The van der Waals surface area contributed by atoms with E-state index >= 15 is 0 Å². The van der Waals surface area contributed by atoms with Gasteiger partial charge in [0.05, 0.1) is 0 Å². The Kier molecular flexibility index (Phi) is 3.01. The molecule has 1 fully saturated rings. The van der Waals surface area contributed by atoms with Gasteiger partial charge in [0.1, 0.15) is 4.60 Å². The number of hydrogen-bond acceptors (Lipinski definition) is 3. The Balaban J connectivity index is 2.09. The number of imidazole rings is 1. The van der Waals surface area contributed by atoms with Gasteiger partial charge in [-0.3, -0.25) is 0 Å². The molecule has 0 N–H and O–H groups in total. The van der Waals surface area contributed by atoms with Crippen LogP contribution >= 0.6 is 15.9 Å². The van der Waals surface area contributed by atoms with Crippen LogP contribution in [0.4, 0.5) is 5.82 Å². The van der Waals surface area contributed by atoms with Crippen LogP contribution in [0.3, 0.4) is 0 Å². The van der Waals surface area contributed by atoms with Crippen molar-refractivity contribution in [3.8, 4) is 0 Å². The monoisotopic (exact) mass is 308 g/mol. The van der Waals surface area contributed by atoms with E-state index in [-0.39, 0.29) is 0 Å². The third-order valence-electron chi connectivity index (χ3n) is 3.72.